The van der Waals surface area contributed by atoms with Crippen LogP contribution in [0.3, 0.4) is 0 Å². The standard InChI is InChI=1S/C17H14BrNO4/c1-19-15(12-8-9(18)6-7-13(12)20)14(17(22)23)10-4-2-3-5-11(10)16(19)21/h2-8,14-15,20H,1H3,(H,22,23). The van der Waals surface area contributed by atoms with Crippen LogP contribution >= 0.6 is 15.9 Å². The molecule has 1 aliphatic rings. The van der Waals surface area contributed by atoms with Gasteiger partial charge in [-0.15, -0.1) is 0 Å². The van der Waals surface area contributed by atoms with Crippen molar-refractivity contribution in [2.45, 2.75) is 12.0 Å². The van der Waals surface area contributed by atoms with Crippen molar-refractivity contribution < 1.29 is 19.8 Å². The molecule has 0 saturated heterocycles. The number of carboxylic acid groups (broad SMARTS) is 1. The van der Waals surface area contributed by atoms with Gasteiger partial charge in [0.25, 0.3) is 5.91 Å². The Hall–Kier alpha value is -2.34. The molecule has 2 N–H and O–H groups in total. The fourth-order valence-corrected chi connectivity index (χ4v) is 3.47. The van der Waals surface area contributed by atoms with E-state index in [1.807, 2.05) is 0 Å². The summed E-state index contributed by atoms with van der Waals surface area (Å²) in [5.41, 5.74) is 1.25. The van der Waals surface area contributed by atoms with Crippen LogP contribution in [0.5, 0.6) is 5.75 Å². The molecule has 1 amide bonds. The molecular formula is C17H14BrNO4. The minimum absolute atomic E-state index is 0.0384. The van der Waals surface area contributed by atoms with Gasteiger partial charge < -0.3 is 15.1 Å². The van der Waals surface area contributed by atoms with Crippen molar-refractivity contribution in [3.8, 4) is 5.75 Å². The highest BCUT2D eigenvalue weighted by Crippen LogP contribution is 2.45. The molecule has 2 aromatic carbocycles. The number of likely N-dealkylation sites (N-methyl/N-ethyl adjacent to an activating group) is 1. The molecule has 2 aromatic rings. The molecule has 5 nitrogen and oxygen atoms in total. The summed E-state index contributed by atoms with van der Waals surface area (Å²) in [6.45, 7) is 0. The minimum atomic E-state index is -1.04. The highest BCUT2D eigenvalue weighted by atomic mass is 79.9. The lowest BCUT2D eigenvalue weighted by molar-refractivity contribution is -0.140. The van der Waals surface area contributed by atoms with Gasteiger partial charge in [0, 0.05) is 22.6 Å². The number of carbonyl (C=O) groups is 2. The average molecular weight is 376 g/mol. The Morgan fingerprint density at radius 3 is 2.57 bits per heavy atom. The van der Waals surface area contributed by atoms with E-state index in [9.17, 15) is 19.8 Å². The number of amides is 1. The number of hydrogen-bond acceptors (Lipinski definition) is 3. The highest BCUT2D eigenvalue weighted by Gasteiger charge is 2.43. The summed E-state index contributed by atoms with van der Waals surface area (Å²) in [6.07, 6.45) is 0. The van der Waals surface area contributed by atoms with Crippen LogP contribution in [-0.2, 0) is 4.79 Å². The number of fused-ring (bicyclic) bond motifs is 1. The van der Waals surface area contributed by atoms with Gasteiger partial charge >= 0.3 is 5.97 Å². The van der Waals surface area contributed by atoms with Gasteiger partial charge in [-0.3, -0.25) is 9.59 Å². The minimum Gasteiger partial charge on any atom is -0.508 e. The number of aliphatic carboxylic acids is 1. The number of nitrogens with zero attached hydrogens (tertiary/aromatic N) is 1. The van der Waals surface area contributed by atoms with Crippen LogP contribution in [-0.4, -0.2) is 34.0 Å². The van der Waals surface area contributed by atoms with E-state index in [0.29, 0.717) is 21.2 Å². The maximum Gasteiger partial charge on any atom is 0.313 e. The van der Waals surface area contributed by atoms with E-state index in [-0.39, 0.29) is 11.7 Å². The second-order valence-electron chi connectivity index (χ2n) is 5.47. The van der Waals surface area contributed by atoms with E-state index in [4.69, 9.17) is 0 Å². The number of hydrogen-bond donors (Lipinski definition) is 2. The summed E-state index contributed by atoms with van der Waals surface area (Å²) < 4.78 is 0.703. The van der Waals surface area contributed by atoms with Gasteiger partial charge in [-0.1, -0.05) is 34.1 Å². The molecule has 0 spiro atoms. The van der Waals surface area contributed by atoms with Crippen molar-refractivity contribution in [1.29, 1.82) is 0 Å². The van der Waals surface area contributed by atoms with Crippen molar-refractivity contribution in [2.75, 3.05) is 7.05 Å². The largest absolute Gasteiger partial charge is 0.508 e. The first-order valence-corrected chi connectivity index (χ1v) is 7.78. The van der Waals surface area contributed by atoms with E-state index in [0.717, 1.165) is 0 Å². The van der Waals surface area contributed by atoms with Crippen molar-refractivity contribution in [3.63, 3.8) is 0 Å². The predicted octanol–water partition coefficient (Wildman–Crippen LogP) is 3.15. The summed E-state index contributed by atoms with van der Waals surface area (Å²) in [4.78, 5) is 25.9. The van der Waals surface area contributed by atoms with Gasteiger partial charge in [-0.05, 0) is 29.8 Å². The third kappa shape index (κ3) is 2.49. The molecule has 6 heteroatoms. The molecule has 0 saturated carbocycles. The lowest BCUT2D eigenvalue weighted by atomic mass is 9.80. The zero-order chi connectivity index (χ0) is 16.7. The van der Waals surface area contributed by atoms with Crippen molar-refractivity contribution >= 4 is 27.8 Å². The number of carbonyl (C=O) groups excluding carboxylic acids is 1. The van der Waals surface area contributed by atoms with Crippen molar-refractivity contribution in [2.24, 2.45) is 0 Å². The first-order chi connectivity index (χ1) is 10.9. The zero-order valence-electron chi connectivity index (χ0n) is 12.2. The zero-order valence-corrected chi connectivity index (χ0v) is 13.8. The van der Waals surface area contributed by atoms with Crippen LogP contribution < -0.4 is 0 Å². The van der Waals surface area contributed by atoms with Crippen molar-refractivity contribution in [3.05, 3.63) is 63.6 Å². The lowest BCUT2D eigenvalue weighted by Crippen LogP contribution is -2.42. The number of carboxylic acids is 1. The van der Waals surface area contributed by atoms with E-state index in [1.54, 1.807) is 43.4 Å². The van der Waals surface area contributed by atoms with Crippen LogP contribution in [0.15, 0.2) is 46.9 Å². The maximum absolute atomic E-state index is 12.6. The van der Waals surface area contributed by atoms with E-state index in [2.05, 4.69) is 15.9 Å². The Morgan fingerprint density at radius 2 is 1.87 bits per heavy atom. The Morgan fingerprint density at radius 1 is 1.17 bits per heavy atom. The van der Waals surface area contributed by atoms with Gasteiger partial charge in [0.2, 0.25) is 0 Å². The number of halogens is 1. The molecule has 0 radical (unpaired) electrons. The van der Waals surface area contributed by atoms with E-state index >= 15 is 0 Å². The molecule has 3 rings (SSSR count). The molecular weight excluding hydrogens is 362 g/mol. The summed E-state index contributed by atoms with van der Waals surface area (Å²) in [5.74, 6) is -2.29. The quantitative estimate of drug-likeness (QED) is 0.844. The SMILES string of the molecule is CN1C(=O)c2ccccc2C(C(=O)O)C1c1cc(Br)ccc1O. The normalized spacial score (nSPS) is 20.3. The second-order valence-corrected chi connectivity index (χ2v) is 6.38. The first kappa shape index (κ1) is 15.6. The molecule has 0 aliphatic carbocycles. The van der Waals surface area contributed by atoms with Crippen molar-refractivity contribution in [1.82, 2.24) is 4.90 Å². The molecule has 2 atom stereocenters. The Bertz CT molecular complexity index is 805. The van der Waals surface area contributed by atoms with E-state index in [1.165, 1.54) is 11.0 Å². The number of aromatic hydroxyl groups is 1. The maximum atomic E-state index is 12.6. The molecule has 2 unspecified atom stereocenters. The smallest absolute Gasteiger partial charge is 0.313 e. The third-order valence-electron chi connectivity index (χ3n) is 4.15. The van der Waals surface area contributed by atoms with Gasteiger partial charge in [0.1, 0.15) is 11.7 Å². The Labute approximate surface area is 141 Å². The summed E-state index contributed by atoms with van der Waals surface area (Å²) in [7, 11) is 1.55. The number of phenolic OH excluding ortho intramolecular Hbond substituents is 1. The number of phenols is 1. The molecule has 0 fully saturated rings. The highest BCUT2D eigenvalue weighted by molar-refractivity contribution is 9.10. The lowest BCUT2D eigenvalue weighted by Gasteiger charge is -2.38. The van der Waals surface area contributed by atoms with E-state index < -0.39 is 17.9 Å². The molecule has 1 heterocycles. The van der Waals surface area contributed by atoms with Gasteiger partial charge in [0.05, 0.1) is 6.04 Å². The Balaban J connectivity index is 2.25. The van der Waals surface area contributed by atoms with Crippen LogP contribution in [0, 0.1) is 0 Å². The summed E-state index contributed by atoms with van der Waals surface area (Å²) in [6, 6.07) is 10.7. The Kier molecular flexibility index (Phi) is 3.85. The molecule has 0 aromatic heterocycles. The molecule has 118 valence electrons. The molecule has 0 bridgehead atoms. The monoisotopic (exact) mass is 375 g/mol. The van der Waals surface area contributed by atoms with Gasteiger partial charge in [-0.2, -0.15) is 0 Å². The summed E-state index contributed by atoms with van der Waals surface area (Å²) in [5, 5.41) is 19.9. The number of rotatable bonds is 2. The van der Waals surface area contributed by atoms with Crippen LogP contribution in [0.1, 0.15) is 33.4 Å². The average Bonchev–Trinajstić information content (AvgIpc) is 2.53. The molecule has 1 aliphatic heterocycles. The first-order valence-electron chi connectivity index (χ1n) is 6.99. The van der Waals surface area contributed by atoms with Gasteiger partial charge in [0.15, 0.2) is 0 Å². The van der Waals surface area contributed by atoms with Crippen LogP contribution in [0.4, 0.5) is 0 Å². The fourth-order valence-electron chi connectivity index (χ4n) is 3.09. The van der Waals surface area contributed by atoms with Gasteiger partial charge in [-0.25, -0.2) is 0 Å². The molecule has 23 heavy (non-hydrogen) atoms. The summed E-state index contributed by atoms with van der Waals surface area (Å²) >= 11 is 3.32. The van der Waals surface area contributed by atoms with Crippen LogP contribution in [0.25, 0.3) is 0 Å². The topological polar surface area (TPSA) is 77.8 Å². The predicted molar refractivity (Wildman–Crippen MR) is 87.5 cm³/mol. The number of benzene rings is 2. The second kappa shape index (κ2) is 5.70. The third-order valence-corrected chi connectivity index (χ3v) is 4.65. The fraction of sp³-hybridized carbons (Fsp3) is 0.176. The van der Waals surface area contributed by atoms with Crippen LogP contribution in [0.2, 0.25) is 0 Å².